The van der Waals surface area contributed by atoms with Crippen molar-refractivity contribution in [3.8, 4) is 0 Å². The minimum Gasteiger partial charge on any atom is -0.368 e. The van der Waals surface area contributed by atoms with Gasteiger partial charge in [-0.05, 0) is 48.4 Å². The summed E-state index contributed by atoms with van der Waals surface area (Å²) in [6, 6.07) is 11.3. The van der Waals surface area contributed by atoms with Crippen molar-refractivity contribution in [3.05, 3.63) is 52.2 Å². The highest BCUT2D eigenvalue weighted by atomic mass is 32.1. The average molecular weight is 373 g/mol. The zero-order valence-electron chi connectivity index (χ0n) is 14.5. The van der Waals surface area contributed by atoms with Gasteiger partial charge in [0.15, 0.2) is 0 Å². The average Bonchev–Trinajstić information content (AvgIpc) is 3.34. The summed E-state index contributed by atoms with van der Waals surface area (Å²) in [7, 11) is 0. The van der Waals surface area contributed by atoms with E-state index in [9.17, 15) is 9.59 Å². The Hall–Kier alpha value is -2.38. The van der Waals surface area contributed by atoms with Crippen LogP contribution in [-0.2, 0) is 22.5 Å². The largest absolute Gasteiger partial charge is 0.368 e. The van der Waals surface area contributed by atoms with E-state index in [2.05, 4.69) is 22.0 Å². The van der Waals surface area contributed by atoms with Crippen LogP contribution in [-0.4, -0.2) is 31.2 Å². The monoisotopic (exact) mass is 373 g/mol. The van der Waals surface area contributed by atoms with Crippen molar-refractivity contribution in [1.29, 1.82) is 0 Å². The van der Waals surface area contributed by atoms with Gasteiger partial charge in [-0.3, -0.25) is 4.79 Å². The molecule has 3 amide bonds. The van der Waals surface area contributed by atoms with Crippen molar-refractivity contribution in [2.24, 2.45) is 0 Å². The van der Waals surface area contributed by atoms with Crippen LogP contribution in [0.4, 0.5) is 10.5 Å². The van der Waals surface area contributed by atoms with E-state index in [-0.39, 0.29) is 18.0 Å². The van der Waals surface area contributed by atoms with Gasteiger partial charge in [-0.1, -0.05) is 18.2 Å². The maximum Gasteiger partial charge on any atom is 0.315 e. The highest BCUT2D eigenvalue weighted by molar-refractivity contribution is 7.09. The fourth-order valence-electron chi connectivity index (χ4n) is 2.77. The van der Waals surface area contributed by atoms with E-state index in [1.54, 1.807) is 11.3 Å². The van der Waals surface area contributed by atoms with Crippen LogP contribution >= 0.6 is 11.3 Å². The summed E-state index contributed by atoms with van der Waals surface area (Å²) in [6.45, 7) is 1.64. The lowest BCUT2D eigenvalue weighted by Gasteiger charge is -2.12. The van der Waals surface area contributed by atoms with Gasteiger partial charge in [0.1, 0.15) is 6.10 Å². The predicted molar refractivity (Wildman–Crippen MR) is 102 cm³/mol. The number of anilines is 1. The van der Waals surface area contributed by atoms with E-state index >= 15 is 0 Å². The van der Waals surface area contributed by atoms with Gasteiger partial charge in [-0.25, -0.2) is 4.79 Å². The first-order valence-corrected chi connectivity index (χ1v) is 9.64. The van der Waals surface area contributed by atoms with Crippen molar-refractivity contribution >= 4 is 29.0 Å². The SMILES string of the molecule is O=C(NCCc1cccs1)NCc1cccc(NC(=O)C2CCCO2)c1. The Morgan fingerprint density at radius 1 is 1.19 bits per heavy atom. The molecule has 1 aliphatic rings. The summed E-state index contributed by atoms with van der Waals surface area (Å²) in [5.74, 6) is -0.112. The highest BCUT2D eigenvalue weighted by Crippen LogP contribution is 2.16. The first-order valence-electron chi connectivity index (χ1n) is 8.76. The summed E-state index contributed by atoms with van der Waals surface area (Å²) in [4.78, 5) is 25.2. The predicted octanol–water partition coefficient (Wildman–Crippen LogP) is 2.91. The first-order chi connectivity index (χ1) is 12.7. The third-order valence-electron chi connectivity index (χ3n) is 4.11. The number of amides is 3. The molecule has 0 aliphatic carbocycles. The van der Waals surface area contributed by atoms with E-state index in [0.717, 1.165) is 24.8 Å². The van der Waals surface area contributed by atoms with E-state index in [1.807, 2.05) is 35.7 Å². The fraction of sp³-hybridized carbons (Fsp3) is 0.368. The minimum absolute atomic E-state index is 0.112. The van der Waals surface area contributed by atoms with Crippen LogP contribution in [0, 0.1) is 0 Å². The lowest BCUT2D eigenvalue weighted by molar-refractivity contribution is -0.124. The van der Waals surface area contributed by atoms with Crippen molar-refractivity contribution in [2.75, 3.05) is 18.5 Å². The Morgan fingerprint density at radius 2 is 2.12 bits per heavy atom. The van der Waals surface area contributed by atoms with Gasteiger partial charge in [0.05, 0.1) is 0 Å². The van der Waals surface area contributed by atoms with E-state index in [0.29, 0.717) is 25.4 Å². The molecule has 1 unspecified atom stereocenters. The molecule has 1 aromatic heterocycles. The quantitative estimate of drug-likeness (QED) is 0.698. The van der Waals surface area contributed by atoms with Crippen molar-refractivity contribution in [2.45, 2.75) is 31.9 Å². The molecule has 1 fully saturated rings. The Morgan fingerprint density at radius 3 is 2.88 bits per heavy atom. The van der Waals surface area contributed by atoms with Crippen LogP contribution in [0.5, 0.6) is 0 Å². The number of carbonyl (C=O) groups excluding carboxylic acids is 2. The second-order valence-electron chi connectivity index (χ2n) is 6.13. The van der Waals surface area contributed by atoms with Gasteiger partial charge >= 0.3 is 6.03 Å². The Kier molecular flexibility index (Phi) is 6.62. The molecule has 138 valence electrons. The number of rotatable bonds is 7. The van der Waals surface area contributed by atoms with Gasteiger partial charge in [0.25, 0.3) is 5.91 Å². The van der Waals surface area contributed by atoms with Crippen molar-refractivity contribution < 1.29 is 14.3 Å². The molecule has 0 radical (unpaired) electrons. The molecule has 0 saturated carbocycles. The number of hydrogen-bond acceptors (Lipinski definition) is 4. The van der Waals surface area contributed by atoms with Gasteiger partial charge in [-0.2, -0.15) is 0 Å². The van der Waals surface area contributed by atoms with Gasteiger partial charge in [-0.15, -0.1) is 11.3 Å². The van der Waals surface area contributed by atoms with E-state index in [4.69, 9.17) is 4.74 Å². The van der Waals surface area contributed by atoms with Crippen LogP contribution in [0.1, 0.15) is 23.3 Å². The molecular formula is C19H23N3O3S. The highest BCUT2D eigenvalue weighted by Gasteiger charge is 2.23. The number of benzene rings is 1. The molecule has 0 spiro atoms. The first kappa shape index (κ1) is 18.4. The van der Waals surface area contributed by atoms with Crippen LogP contribution in [0.3, 0.4) is 0 Å². The number of carbonyl (C=O) groups is 2. The Balaban J connectivity index is 1.41. The van der Waals surface area contributed by atoms with Crippen LogP contribution in [0.25, 0.3) is 0 Å². The molecular weight excluding hydrogens is 350 g/mol. The number of nitrogens with one attached hydrogen (secondary N) is 3. The van der Waals surface area contributed by atoms with Crippen LogP contribution in [0.2, 0.25) is 0 Å². The second kappa shape index (κ2) is 9.35. The summed E-state index contributed by atoms with van der Waals surface area (Å²) in [5.41, 5.74) is 1.63. The van der Waals surface area contributed by atoms with Crippen molar-refractivity contribution in [3.63, 3.8) is 0 Å². The Labute approximate surface area is 156 Å². The molecule has 6 nitrogen and oxygen atoms in total. The zero-order valence-corrected chi connectivity index (χ0v) is 15.3. The molecule has 3 rings (SSSR count). The maximum atomic E-state index is 12.1. The van der Waals surface area contributed by atoms with E-state index < -0.39 is 0 Å². The molecule has 1 atom stereocenters. The topological polar surface area (TPSA) is 79.5 Å². The summed E-state index contributed by atoms with van der Waals surface area (Å²) in [6.07, 6.45) is 2.16. The molecule has 1 saturated heterocycles. The smallest absolute Gasteiger partial charge is 0.315 e. The van der Waals surface area contributed by atoms with Gasteiger partial charge < -0.3 is 20.7 Å². The van der Waals surface area contributed by atoms with Crippen LogP contribution in [0.15, 0.2) is 41.8 Å². The number of hydrogen-bond donors (Lipinski definition) is 3. The normalized spacial score (nSPS) is 16.2. The zero-order chi connectivity index (χ0) is 18.2. The summed E-state index contributed by atoms with van der Waals surface area (Å²) in [5, 5.41) is 10.6. The fourth-order valence-corrected chi connectivity index (χ4v) is 3.47. The maximum absolute atomic E-state index is 12.1. The number of thiophene rings is 1. The van der Waals surface area contributed by atoms with Crippen molar-refractivity contribution in [1.82, 2.24) is 10.6 Å². The third kappa shape index (κ3) is 5.57. The molecule has 2 heterocycles. The third-order valence-corrected chi connectivity index (χ3v) is 5.04. The lowest BCUT2D eigenvalue weighted by Crippen LogP contribution is -2.36. The molecule has 1 aliphatic heterocycles. The molecule has 3 N–H and O–H groups in total. The molecule has 2 aromatic rings. The molecule has 26 heavy (non-hydrogen) atoms. The minimum atomic E-state index is -0.356. The standard InChI is InChI=1S/C19H23N3O3S/c23-18(17-7-2-10-25-17)22-15-5-1-4-14(12-15)13-21-19(24)20-9-8-16-6-3-11-26-16/h1,3-6,11-12,17H,2,7-10,13H2,(H,22,23)(H2,20,21,24). The molecule has 1 aromatic carbocycles. The lowest BCUT2D eigenvalue weighted by atomic mass is 10.2. The summed E-state index contributed by atoms with van der Waals surface area (Å²) >= 11 is 1.69. The summed E-state index contributed by atoms with van der Waals surface area (Å²) < 4.78 is 5.38. The number of ether oxygens (including phenoxy) is 1. The number of urea groups is 1. The van der Waals surface area contributed by atoms with E-state index in [1.165, 1.54) is 4.88 Å². The van der Waals surface area contributed by atoms with Gasteiger partial charge in [0.2, 0.25) is 0 Å². The van der Waals surface area contributed by atoms with Crippen LogP contribution < -0.4 is 16.0 Å². The second-order valence-corrected chi connectivity index (χ2v) is 7.16. The molecule has 7 heteroatoms. The Bertz CT molecular complexity index is 727. The molecule has 0 bridgehead atoms. The van der Waals surface area contributed by atoms with Gasteiger partial charge in [0, 0.05) is 30.3 Å².